The van der Waals surface area contributed by atoms with E-state index in [0.717, 1.165) is 5.39 Å². The largest absolute Gasteiger partial charge is 0.451 e. The van der Waals surface area contributed by atoms with Gasteiger partial charge in [0.2, 0.25) is 0 Å². The molecule has 2 aromatic rings. The topological polar surface area (TPSA) is 70.8 Å². The number of piperazine rings is 1. The van der Waals surface area contributed by atoms with E-state index in [4.69, 9.17) is 16.0 Å². The maximum atomic E-state index is 12.7. The van der Waals surface area contributed by atoms with Gasteiger partial charge < -0.3 is 9.32 Å². The van der Waals surface area contributed by atoms with Crippen LogP contribution in [-0.4, -0.2) is 67.9 Å². The molecule has 0 saturated carbocycles. The lowest BCUT2D eigenvalue weighted by atomic mass is 10.2. The number of carbonyl (C=O) groups excluding carboxylic acids is 1. The number of carbonyl (C=O) groups is 1. The van der Waals surface area contributed by atoms with Crippen molar-refractivity contribution < 1.29 is 17.6 Å². The number of furan rings is 1. The van der Waals surface area contributed by atoms with Gasteiger partial charge in [-0.2, -0.15) is 0 Å². The summed E-state index contributed by atoms with van der Waals surface area (Å²) in [4.78, 5) is 16.6. The fraction of sp³-hybridized carbons (Fsp3) is 0.471. The third-order valence-corrected chi connectivity index (χ3v) is 7.00. The lowest BCUT2D eigenvalue weighted by Gasteiger charge is -2.37. The summed E-state index contributed by atoms with van der Waals surface area (Å²) in [5, 5.41) is 1.41. The van der Waals surface area contributed by atoms with Crippen LogP contribution in [0.3, 0.4) is 0 Å². The van der Waals surface area contributed by atoms with Crippen LogP contribution in [0.1, 0.15) is 17.0 Å². The van der Waals surface area contributed by atoms with Crippen molar-refractivity contribution in [3.63, 3.8) is 0 Å². The number of amides is 1. The van der Waals surface area contributed by atoms with Crippen LogP contribution in [0.5, 0.6) is 0 Å². The zero-order valence-electron chi connectivity index (χ0n) is 13.7. The quantitative estimate of drug-likeness (QED) is 0.794. The molecule has 2 fully saturated rings. The van der Waals surface area contributed by atoms with Gasteiger partial charge in [0.1, 0.15) is 5.58 Å². The molecule has 1 aromatic carbocycles. The smallest absolute Gasteiger partial charge is 0.289 e. The van der Waals surface area contributed by atoms with E-state index < -0.39 is 9.84 Å². The van der Waals surface area contributed by atoms with Gasteiger partial charge in [-0.25, -0.2) is 8.42 Å². The molecule has 134 valence electrons. The first kappa shape index (κ1) is 16.9. The van der Waals surface area contributed by atoms with Gasteiger partial charge in [0, 0.05) is 42.6 Å². The standard InChI is InChI=1S/C17H19ClN2O4S/c18-13-1-2-15-12(9-13)10-16(24-15)17(21)20-6-4-19(5-7-20)14-3-8-25(22,23)11-14/h1-2,9-10,14H,3-8,11H2. The molecule has 0 N–H and O–H groups in total. The normalized spacial score (nSPS) is 24.0. The molecule has 6 nitrogen and oxygen atoms in total. The molecule has 0 radical (unpaired) electrons. The van der Waals surface area contributed by atoms with Gasteiger partial charge in [-0.1, -0.05) is 11.6 Å². The Balaban J connectivity index is 1.42. The van der Waals surface area contributed by atoms with Gasteiger partial charge in [-0.05, 0) is 30.7 Å². The van der Waals surface area contributed by atoms with Crippen molar-refractivity contribution in [1.82, 2.24) is 9.80 Å². The zero-order valence-corrected chi connectivity index (χ0v) is 15.2. The molecule has 8 heteroatoms. The average molecular weight is 383 g/mol. The Labute approximate surface area is 151 Å². The number of halogens is 1. The van der Waals surface area contributed by atoms with E-state index in [1.807, 2.05) is 0 Å². The Morgan fingerprint density at radius 2 is 1.92 bits per heavy atom. The van der Waals surface area contributed by atoms with E-state index in [2.05, 4.69) is 4.90 Å². The molecule has 1 unspecified atom stereocenters. The van der Waals surface area contributed by atoms with Gasteiger partial charge in [0.05, 0.1) is 11.5 Å². The van der Waals surface area contributed by atoms with Crippen molar-refractivity contribution in [3.8, 4) is 0 Å². The summed E-state index contributed by atoms with van der Waals surface area (Å²) < 4.78 is 28.9. The third-order valence-electron chi connectivity index (χ3n) is 5.02. The van der Waals surface area contributed by atoms with E-state index in [-0.39, 0.29) is 23.5 Å². The van der Waals surface area contributed by atoms with Crippen LogP contribution in [0.15, 0.2) is 28.7 Å². The second-order valence-electron chi connectivity index (χ2n) is 6.68. The third kappa shape index (κ3) is 3.41. The van der Waals surface area contributed by atoms with Crippen molar-refractivity contribution >= 4 is 38.3 Å². The van der Waals surface area contributed by atoms with Crippen LogP contribution in [0.2, 0.25) is 5.02 Å². The number of fused-ring (bicyclic) bond motifs is 1. The molecule has 2 saturated heterocycles. The molecule has 2 aliphatic heterocycles. The number of rotatable bonds is 2. The predicted molar refractivity (Wildman–Crippen MR) is 95.8 cm³/mol. The maximum absolute atomic E-state index is 12.7. The predicted octanol–water partition coefficient (Wildman–Crippen LogP) is 2.03. The molecular formula is C17H19ClN2O4S. The first-order valence-corrected chi connectivity index (χ1v) is 10.5. The van der Waals surface area contributed by atoms with Crippen molar-refractivity contribution in [2.75, 3.05) is 37.7 Å². The molecular weight excluding hydrogens is 364 g/mol. The second-order valence-corrected chi connectivity index (χ2v) is 9.34. The van der Waals surface area contributed by atoms with Crippen LogP contribution in [0.4, 0.5) is 0 Å². The van der Waals surface area contributed by atoms with Crippen LogP contribution in [0.25, 0.3) is 11.0 Å². The summed E-state index contributed by atoms with van der Waals surface area (Å²) in [6.45, 7) is 2.54. The molecule has 2 aliphatic rings. The van der Waals surface area contributed by atoms with Gasteiger partial charge in [-0.3, -0.25) is 9.69 Å². The number of hydrogen-bond donors (Lipinski definition) is 0. The highest BCUT2D eigenvalue weighted by molar-refractivity contribution is 7.91. The summed E-state index contributed by atoms with van der Waals surface area (Å²) in [6.07, 6.45) is 0.695. The fourth-order valence-corrected chi connectivity index (χ4v) is 5.57. The molecule has 3 heterocycles. The number of hydrogen-bond acceptors (Lipinski definition) is 5. The highest BCUT2D eigenvalue weighted by Gasteiger charge is 2.34. The summed E-state index contributed by atoms with van der Waals surface area (Å²) >= 11 is 5.97. The molecule has 0 spiro atoms. The Morgan fingerprint density at radius 3 is 2.60 bits per heavy atom. The second kappa shape index (κ2) is 6.30. The highest BCUT2D eigenvalue weighted by atomic mass is 35.5. The molecule has 1 aromatic heterocycles. The summed E-state index contributed by atoms with van der Waals surface area (Å²) in [7, 11) is -2.88. The fourth-order valence-electron chi connectivity index (χ4n) is 3.63. The monoisotopic (exact) mass is 382 g/mol. The van der Waals surface area contributed by atoms with E-state index in [9.17, 15) is 13.2 Å². The van der Waals surface area contributed by atoms with Crippen molar-refractivity contribution in [2.45, 2.75) is 12.5 Å². The summed E-state index contributed by atoms with van der Waals surface area (Å²) in [5.41, 5.74) is 0.641. The molecule has 4 rings (SSSR count). The summed E-state index contributed by atoms with van der Waals surface area (Å²) in [5.74, 6) is 0.698. The molecule has 25 heavy (non-hydrogen) atoms. The Bertz CT molecular complexity index is 916. The van der Waals surface area contributed by atoms with Crippen molar-refractivity contribution in [2.24, 2.45) is 0 Å². The van der Waals surface area contributed by atoms with Crippen LogP contribution in [-0.2, 0) is 9.84 Å². The van der Waals surface area contributed by atoms with Gasteiger partial charge in [-0.15, -0.1) is 0 Å². The highest BCUT2D eigenvalue weighted by Crippen LogP contribution is 2.25. The number of nitrogens with zero attached hydrogens (tertiary/aromatic N) is 2. The van der Waals surface area contributed by atoms with Gasteiger partial charge in [0.15, 0.2) is 15.6 Å². The Morgan fingerprint density at radius 1 is 1.16 bits per heavy atom. The Kier molecular flexibility index (Phi) is 4.25. The summed E-state index contributed by atoms with van der Waals surface area (Å²) in [6, 6.07) is 7.08. The van der Waals surface area contributed by atoms with Gasteiger partial charge in [0.25, 0.3) is 5.91 Å². The van der Waals surface area contributed by atoms with E-state index in [1.54, 1.807) is 29.2 Å². The SMILES string of the molecule is O=C(c1cc2cc(Cl)ccc2o1)N1CCN(C2CCS(=O)(=O)C2)CC1. The number of sulfone groups is 1. The first-order valence-electron chi connectivity index (χ1n) is 8.34. The molecule has 1 atom stereocenters. The molecule has 0 bridgehead atoms. The minimum atomic E-state index is -2.88. The minimum Gasteiger partial charge on any atom is -0.451 e. The number of benzene rings is 1. The minimum absolute atomic E-state index is 0.0931. The Hall–Kier alpha value is -1.57. The van der Waals surface area contributed by atoms with Crippen LogP contribution in [0, 0.1) is 0 Å². The van der Waals surface area contributed by atoms with Gasteiger partial charge >= 0.3 is 0 Å². The van der Waals surface area contributed by atoms with E-state index in [1.165, 1.54) is 0 Å². The lowest BCUT2D eigenvalue weighted by Crippen LogP contribution is -2.52. The van der Waals surface area contributed by atoms with Crippen molar-refractivity contribution in [1.29, 1.82) is 0 Å². The van der Waals surface area contributed by atoms with Crippen LogP contribution < -0.4 is 0 Å². The molecule has 0 aliphatic carbocycles. The average Bonchev–Trinajstić information content (AvgIpc) is 3.17. The lowest BCUT2D eigenvalue weighted by molar-refractivity contribution is 0.0561. The zero-order chi connectivity index (χ0) is 17.6. The maximum Gasteiger partial charge on any atom is 0.289 e. The van der Waals surface area contributed by atoms with E-state index >= 15 is 0 Å². The van der Waals surface area contributed by atoms with Crippen molar-refractivity contribution in [3.05, 3.63) is 35.0 Å². The molecule has 1 amide bonds. The van der Waals surface area contributed by atoms with E-state index in [0.29, 0.717) is 49.0 Å². The first-order chi connectivity index (χ1) is 11.9. The van der Waals surface area contributed by atoms with Crippen LogP contribution >= 0.6 is 11.6 Å².